The Morgan fingerprint density at radius 1 is 1.38 bits per heavy atom. The molecule has 0 aromatic heterocycles. The Labute approximate surface area is 93.2 Å². The van der Waals surface area contributed by atoms with Crippen LogP contribution in [0.25, 0.3) is 0 Å². The van der Waals surface area contributed by atoms with Gasteiger partial charge in [0.05, 0.1) is 5.56 Å². The maximum Gasteiger partial charge on any atom is 0.337 e. The first-order chi connectivity index (χ1) is 5.95. The Hall–Kier alpha value is -0.350. The van der Waals surface area contributed by atoms with Gasteiger partial charge in [-0.05, 0) is 47.0 Å². The summed E-state index contributed by atoms with van der Waals surface area (Å²) in [5.74, 6) is -0.909. The van der Waals surface area contributed by atoms with E-state index in [-0.39, 0.29) is 0 Å². The molecule has 1 aromatic rings. The topological polar surface area (TPSA) is 37.3 Å². The lowest BCUT2D eigenvalue weighted by Crippen LogP contribution is -2.03. The number of rotatable bonds is 1. The lowest BCUT2D eigenvalue weighted by Gasteiger charge is -2.08. The number of carbonyl (C=O) groups is 1. The van der Waals surface area contributed by atoms with Gasteiger partial charge in [-0.1, -0.05) is 15.9 Å². The van der Waals surface area contributed by atoms with E-state index >= 15 is 0 Å². The van der Waals surface area contributed by atoms with Crippen LogP contribution in [0.4, 0.5) is 0 Å². The lowest BCUT2D eigenvalue weighted by molar-refractivity contribution is 0.0695. The van der Waals surface area contributed by atoms with Crippen LogP contribution in [0.1, 0.15) is 21.5 Å². The van der Waals surface area contributed by atoms with Crippen molar-refractivity contribution in [2.45, 2.75) is 13.8 Å². The van der Waals surface area contributed by atoms with Crippen LogP contribution in [-0.4, -0.2) is 11.1 Å². The summed E-state index contributed by atoms with van der Waals surface area (Å²) in [6, 6.07) is 1.89. The van der Waals surface area contributed by atoms with Crippen molar-refractivity contribution in [2.24, 2.45) is 0 Å². The highest BCUT2D eigenvalue weighted by Crippen LogP contribution is 2.30. The molecule has 0 atom stereocenters. The molecule has 0 saturated heterocycles. The summed E-state index contributed by atoms with van der Waals surface area (Å²) in [6.07, 6.45) is 0. The van der Waals surface area contributed by atoms with E-state index in [1.54, 1.807) is 6.92 Å². The minimum Gasteiger partial charge on any atom is -0.478 e. The van der Waals surface area contributed by atoms with Gasteiger partial charge >= 0.3 is 5.97 Å². The molecule has 0 spiro atoms. The quantitative estimate of drug-likeness (QED) is 0.862. The molecule has 1 rings (SSSR count). The zero-order valence-electron chi connectivity index (χ0n) is 7.19. The fraction of sp³-hybridized carbons (Fsp3) is 0.222. The minimum absolute atomic E-state index is 0.326. The molecular formula is C9H8Br2O2. The van der Waals surface area contributed by atoms with E-state index in [1.165, 1.54) is 0 Å². The second kappa shape index (κ2) is 3.80. The van der Waals surface area contributed by atoms with Gasteiger partial charge in [0.2, 0.25) is 0 Å². The number of hydrogen-bond donors (Lipinski definition) is 1. The van der Waals surface area contributed by atoms with Crippen molar-refractivity contribution in [3.8, 4) is 0 Å². The Bertz CT molecular complexity index is 346. The van der Waals surface area contributed by atoms with Crippen molar-refractivity contribution >= 4 is 37.8 Å². The number of aromatic carboxylic acids is 1. The summed E-state index contributed by atoms with van der Waals surface area (Å²) >= 11 is 6.58. The van der Waals surface area contributed by atoms with Gasteiger partial charge in [-0.3, -0.25) is 0 Å². The summed E-state index contributed by atoms with van der Waals surface area (Å²) in [6.45, 7) is 3.64. The van der Waals surface area contributed by atoms with Gasteiger partial charge in [-0.25, -0.2) is 4.79 Å². The first-order valence-electron chi connectivity index (χ1n) is 3.63. The molecule has 1 N–H and O–H groups in total. The highest BCUT2D eigenvalue weighted by Gasteiger charge is 2.15. The highest BCUT2D eigenvalue weighted by molar-refractivity contribution is 9.11. The summed E-state index contributed by atoms with van der Waals surface area (Å²) < 4.78 is 1.48. The molecule has 2 nitrogen and oxygen atoms in total. The molecule has 0 amide bonds. The zero-order chi connectivity index (χ0) is 10.2. The predicted molar refractivity (Wildman–Crippen MR) is 58.3 cm³/mol. The van der Waals surface area contributed by atoms with E-state index in [0.29, 0.717) is 10.0 Å². The van der Waals surface area contributed by atoms with Crippen LogP contribution in [0.5, 0.6) is 0 Å². The highest BCUT2D eigenvalue weighted by atomic mass is 79.9. The smallest absolute Gasteiger partial charge is 0.337 e. The van der Waals surface area contributed by atoms with Crippen LogP contribution in [0.15, 0.2) is 15.0 Å². The molecule has 1 aromatic carbocycles. The van der Waals surface area contributed by atoms with Gasteiger partial charge in [0, 0.05) is 8.95 Å². The molecular weight excluding hydrogens is 300 g/mol. The van der Waals surface area contributed by atoms with Crippen molar-refractivity contribution in [3.63, 3.8) is 0 Å². The number of halogens is 2. The van der Waals surface area contributed by atoms with E-state index in [1.807, 2.05) is 13.0 Å². The predicted octanol–water partition coefficient (Wildman–Crippen LogP) is 3.53. The van der Waals surface area contributed by atoms with Crippen LogP contribution in [0.3, 0.4) is 0 Å². The van der Waals surface area contributed by atoms with E-state index in [4.69, 9.17) is 5.11 Å². The molecule has 0 aliphatic rings. The number of carboxylic acid groups (broad SMARTS) is 1. The number of hydrogen-bond acceptors (Lipinski definition) is 1. The standard InChI is InChI=1S/C9H8Br2O2/c1-4-3-6(10)5(2)7(8(4)11)9(12)13/h3H,1-2H3,(H,12,13). The Morgan fingerprint density at radius 2 is 1.92 bits per heavy atom. The van der Waals surface area contributed by atoms with Crippen molar-refractivity contribution in [2.75, 3.05) is 0 Å². The summed E-state index contributed by atoms with van der Waals surface area (Å²) in [7, 11) is 0. The van der Waals surface area contributed by atoms with Crippen molar-refractivity contribution in [1.82, 2.24) is 0 Å². The molecule has 0 fully saturated rings. The number of carboxylic acids is 1. The van der Waals surface area contributed by atoms with Crippen LogP contribution < -0.4 is 0 Å². The molecule has 0 heterocycles. The Morgan fingerprint density at radius 3 is 2.38 bits per heavy atom. The molecule has 0 radical (unpaired) electrons. The third-order valence-corrected chi connectivity index (χ3v) is 3.70. The Balaban J connectivity index is 3.56. The van der Waals surface area contributed by atoms with Crippen molar-refractivity contribution in [1.29, 1.82) is 0 Å². The van der Waals surface area contributed by atoms with Crippen LogP contribution in [-0.2, 0) is 0 Å². The summed E-state index contributed by atoms with van der Waals surface area (Å²) in [5, 5.41) is 8.94. The minimum atomic E-state index is -0.909. The fourth-order valence-corrected chi connectivity index (χ4v) is 2.22. The molecule has 70 valence electrons. The average molecular weight is 308 g/mol. The summed E-state index contributed by atoms with van der Waals surface area (Å²) in [5.41, 5.74) is 1.98. The second-order valence-electron chi connectivity index (χ2n) is 2.79. The van der Waals surface area contributed by atoms with Crippen LogP contribution in [0.2, 0.25) is 0 Å². The molecule has 4 heteroatoms. The molecule has 0 aliphatic heterocycles. The third kappa shape index (κ3) is 1.94. The molecule has 0 aliphatic carbocycles. The van der Waals surface area contributed by atoms with Gasteiger partial charge in [-0.2, -0.15) is 0 Å². The largest absolute Gasteiger partial charge is 0.478 e. The SMILES string of the molecule is Cc1cc(Br)c(C)c(C(=O)O)c1Br. The van der Waals surface area contributed by atoms with Gasteiger partial charge in [0.15, 0.2) is 0 Å². The molecule has 13 heavy (non-hydrogen) atoms. The zero-order valence-corrected chi connectivity index (χ0v) is 10.4. The fourth-order valence-electron chi connectivity index (χ4n) is 1.10. The van der Waals surface area contributed by atoms with Gasteiger partial charge in [0.1, 0.15) is 0 Å². The van der Waals surface area contributed by atoms with Crippen LogP contribution in [0, 0.1) is 13.8 Å². The van der Waals surface area contributed by atoms with Crippen molar-refractivity contribution in [3.05, 3.63) is 31.7 Å². The van der Waals surface area contributed by atoms with E-state index in [2.05, 4.69) is 31.9 Å². The molecule has 0 saturated carbocycles. The van der Waals surface area contributed by atoms with Crippen molar-refractivity contribution < 1.29 is 9.90 Å². The normalized spacial score (nSPS) is 10.2. The molecule has 0 unspecified atom stereocenters. The first-order valence-corrected chi connectivity index (χ1v) is 5.22. The third-order valence-electron chi connectivity index (χ3n) is 1.86. The Kier molecular flexibility index (Phi) is 3.14. The monoisotopic (exact) mass is 306 g/mol. The average Bonchev–Trinajstić information content (AvgIpc) is 2.01. The first kappa shape index (κ1) is 10.7. The van der Waals surface area contributed by atoms with E-state index < -0.39 is 5.97 Å². The van der Waals surface area contributed by atoms with Crippen LogP contribution >= 0.6 is 31.9 Å². The maximum atomic E-state index is 10.9. The van der Waals surface area contributed by atoms with Gasteiger partial charge in [-0.15, -0.1) is 0 Å². The second-order valence-corrected chi connectivity index (χ2v) is 4.44. The van der Waals surface area contributed by atoms with E-state index in [9.17, 15) is 4.79 Å². The van der Waals surface area contributed by atoms with Gasteiger partial charge in [0.25, 0.3) is 0 Å². The number of aryl methyl sites for hydroxylation is 1. The molecule has 0 bridgehead atoms. The maximum absolute atomic E-state index is 10.9. The van der Waals surface area contributed by atoms with E-state index in [0.717, 1.165) is 15.6 Å². The number of benzene rings is 1. The lowest BCUT2D eigenvalue weighted by atomic mass is 10.1. The summed E-state index contributed by atoms with van der Waals surface area (Å²) in [4.78, 5) is 10.9. The van der Waals surface area contributed by atoms with Gasteiger partial charge < -0.3 is 5.11 Å².